The molecule has 0 bridgehead atoms. The Bertz CT molecular complexity index is 623. The Morgan fingerprint density at radius 1 is 1.35 bits per heavy atom. The van der Waals surface area contributed by atoms with Crippen LogP contribution < -0.4 is 0 Å². The van der Waals surface area contributed by atoms with Crippen molar-refractivity contribution in [1.29, 1.82) is 0 Å². The molecule has 0 heterocycles. The first-order valence-electron chi connectivity index (χ1n) is 6.35. The Hall–Kier alpha value is -0.670. The molecule has 0 unspecified atom stereocenters. The Labute approximate surface area is 132 Å². The summed E-state index contributed by atoms with van der Waals surface area (Å²) in [6, 6.07) is 4.26. The van der Waals surface area contributed by atoms with Gasteiger partial charge in [-0.3, -0.25) is 0 Å². The van der Waals surface area contributed by atoms with Crippen molar-refractivity contribution in [2.24, 2.45) is 0 Å². The maximum Gasteiger partial charge on any atom is 0.336 e. The number of carboxylic acids is 1. The van der Waals surface area contributed by atoms with Gasteiger partial charge in [0.1, 0.15) is 0 Å². The maximum absolute atomic E-state index is 12.5. The van der Waals surface area contributed by atoms with Gasteiger partial charge >= 0.3 is 5.97 Å². The number of hydrogen-bond donors (Lipinski definition) is 1. The summed E-state index contributed by atoms with van der Waals surface area (Å²) in [6.45, 7) is 0. The molecule has 1 fully saturated rings. The highest BCUT2D eigenvalue weighted by atomic mass is 127. The summed E-state index contributed by atoms with van der Waals surface area (Å²) in [5, 5.41) is 9.09. The molecular weight excluding hydrogens is 393 g/mol. The van der Waals surface area contributed by atoms with Crippen molar-refractivity contribution in [2.45, 2.75) is 36.6 Å². The number of carbonyl (C=O) groups is 1. The number of benzene rings is 1. The van der Waals surface area contributed by atoms with Crippen molar-refractivity contribution in [3.8, 4) is 0 Å². The van der Waals surface area contributed by atoms with Gasteiger partial charge in [0.25, 0.3) is 0 Å². The van der Waals surface area contributed by atoms with E-state index in [2.05, 4.69) is 0 Å². The van der Waals surface area contributed by atoms with Gasteiger partial charge in [-0.1, -0.05) is 12.8 Å². The Morgan fingerprint density at radius 2 is 1.95 bits per heavy atom. The van der Waals surface area contributed by atoms with Crippen LogP contribution in [-0.2, 0) is 10.0 Å². The second-order valence-electron chi connectivity index (χ2n) is 4.91. The Kier molecular flexibility index (Phi) is 4.70. The normalized spacial score (nSPS) is 16.8. The zero-order valence-electron chi connectivity index (χ0n) is 11.0. The smallest absolute Gasteiger partial charge is 0.336 e. The molecule has 20 heavy (non-hydrogen) atoms. The quantitative estimate of drug-likeness (QED) is 0.776. The number of rotatable bonds is 4. The van der Waals surface area contributed by atoms with E-state index in [1.807, 2.05) is 22.6 Å². The van der Waals surface area contributed by atoms with Crippen LogP contribution in [0.15, 0.2) is 23.1 Å². The van der Waals surface area contributed by atoms with Gasteiger partial charge in [0.15, 0.2) is 0 Å². The van der Waals surface area contributed by atoms with E-state index in [4.69, 9.17) is 5.11 Å². The van der Waals surface area contributed by atoms with Crippen LogP contribution in [0.2, 0.25) is 0 Å². The highest BCUT2D eigenvalue weighted by Gasteiger charge is 2.30. The number of carboxylic acid groups (broad SMARTS) is 1. The highest BCUT2D eigenvalue weighted by molar-refractivity contribution is 14.1. The molecule has 5 nitrogen and oxygen atoms in total. The second kappa shape index (κ2) is 5.98. The standard InChI is InChI=1S/C13H16INO4S/c1-15(9-4-2-3-5-9)20(18,19)10-6-7-12(14)11(8-10)13(16)17/h6-9H,2-5H2,1H3,(H,16,17). The lowest BCUT2D eigenvalue weighted by molar-refractivity contribution is 0.0695. The van der Waals surface area contributed by atoms with Gasteiger partial charge in [-0.05, 0) is 53.6 Å². The van der Waals surface area contributed by atoms with Crippen molar-refractivity contribution in [1.82, 2.24) is 4.31 Å². The van der Waals surface area contributed by atoms with E-state index in [0.717, 1.165) is 25.7 Å². The SMILES string of the molecule is CN(C1CCCC1)S(=O)(=O)c1ccc(I)c(C(=O)O)c1. The number of aromatic carboxylic acids is 1. The van der Waals surface area contributed by atoms with Gasteiger partial charge in [0.05, 0.1) is 10.5 Å². The molecule has 0 saturated heterocycles. The summed E-state index contributed by atoms with van der Waals surface area (Å²) in [5.41, 5.74) is 0.0199. The minimum Gasteiger partial charge on any atom is -0.478 e. The monoisotopic (exact) mass is 409 g/mol. The lowest BCUT2D eigenvalue weighted by Crippen LogP contribution is -2.35. The van der Waals surface area contributed by atoms with Crippen LogP contribution in [0.4, 0.5) is 0 Å². The molecular formula is C13H16INO4S. The molecule has 1 aliphatic carbocycles. The molecule has 0 spiro atoms. The van der Waals surface area contributed by atoms with Crippen LogP contribution in [-0.4, -0.2) is 36.9 Å². The zero-order valence-corrected chi connectivity index (χ0v) is 14.0. The lowest BCUT2D eigenvalue weighted by atomic mass is 10.2. The fraction of sp³-hybridized carbons (Fsp3) is 0.462. The van der Waals surface area contributed by atoms with Gasteiger partial charge in [-0.2, -0.15) is 4.31 Å². The fourth-order valence-electron chi connectivity index (χ4n) is 2.46. The van der Waals surface area contributed by atoms with Crippen LogP contribution in [0.3, 0.4) is 0 Å². The molecule has 1 aliphatic rings. The van der Waals surface area contributed by atoms with Crippen LogP contribution in [0.1, 0.15) is 36.0 Å². The molecule has 1 aromatic rings. The van der Waals surface area contributed by atoms with E-state index in [9.17, 15) is 13.2 Å². The average Bonchev–Trinajstić information content (AvgIpc) is 2.91. The van der Waals surface area contributed by atoms with Crippen molar-refractivity contribution < 1.29 is 18.3 Å². The molecule has 0 radical (unpaired) electrons. The second-order valence-corrected chi connectivity index (χ2v) is 8.07. The van der Waals surface area contributed by atoms with Crippen LogP contribution in [0.5, 0.6) is 0 Å². The minimum absolute atomic E-state index is 0.0199. The first-order chi connectivity index (χ1) is 9.34. The van der Waals surface area contributed by atoms with E-state index >= 15 is 0 Å². The minimum atomic E-state index is -3.63. The first kappa shape index (κ1) is 15.7. The third-order valence-electron chi connectivity index (χ3n) is 3.68. The van der Waals surface area contributed by atoms with Crippen molar-refractivity contribution >= 4 is 38.6 Å². The zero-order chi connectivity index (χ0) is 14.9. The maximum atomic E-state index is 12.5. The predicted molar refractivity (Wildman–Crippen MR) is 83.3 cm³/mol. The summed E-state index contributed by atoms with van der Waals surface area (Å²) >= 11 is 1.89. The molecule has 1 saturated carbocycles. The molecule has 0 atom stereocenters. The Morgan fingerprint density at radius 3 is 2.50 bits per heavy atom. The molecule has 2 rings (SSSR count). The predicted octanol–water partition coefficient (Wildman–Crippen LogP) is 2.55. The van der Waals surface area contributed by atoms with Crippen LogP contribution in [0, 0.1) is 3.57 Å². The third kappa shape index (κ3) is 2.99. The summed E-state index contributed by atoms with van der Waals surface area (Å²) < 4.78 is 27.0. The number of sulfonamides is 1. The average molecular weight is 409 g/mol. The van der Waals surface area contributed by atoms with E-state index in [1.165, 1.54) is 22.5 Å². The molecule has 7 heteroatoms. The number of nitrogens with zero attached hydrogens (tertiary/aromatic N) is 1. The largest absolute Gasteiger partial charge is 0.478 e. The first-order valence-corrected chi connectivity index (χ1v) is 8.87. The summed E-state index contributed by atoms with van der Waals surface area (Å²) in [6.07, 6.45) is 3.81. The fourth-order valence-corrected chi connectivity index (χ4v) is 4.47. The number of hydrogen-bond acceptors (Lipinski definition) is 3. The molecule has 0 aliphatic heterocycles. The van der Waals surface area contributed by atoms with E-state index in [0.29, 0.717) is 3.57 Å². The van der Waals surface area contributed by atoms with Crippen molar-refractivity contribution in [3.63, 3.8) is 0 Å². The topological polar surface area (TPSA) is 74.7 Å². The number of halogens is 1. The molecule has 110 valence electrons. The molecule has 0 amide bonds. The van der Waals surface area contributed by atoms with E-state index < -0.39 is 16.0 Å². The van der Waals surface area contributed by atoms with Gasteiger partial charge in [0.2, 0.25) is 10.0 Å². The van der Waals surface area contributed by atoms with E-state index in [-0.39, 0.29) is 16.5 Å². The summed E-state index contributed by atoms with van der Waals surface area (Å²) in [5.74, 6) is -1.12. The molecule has 1 N–H and O–H groups in total. The lowest BCUT2D eigenvalue weighted by Gasteiger charge is -2.23. The highest BCUT2D eigenvalue weighted by Crippen LogP contribution is 2.28. The van der Waals surface area contributed by atoms with Gasteiger partial charge < -0.3 is 5.11 Å². The van der Waals surface area contributed by atoms with Gasteiger partial charge in [-0.15, -0.1) is 0 Å². The van der Waals surface area contributed by atoms with Crippen LogP contribution in [0.25, 0.3) is 0 Å². The van der Waals surface area contributed by atoms with Crippen LogP contribution >= 0.6 is 22.6 Å². The van der Waals surface area contributed by atoms with Gasteiger partial charge in [0, 0.05) is 16.7 Å². The van der Waals surface area contributed by atoms with E-state index in [1.54, 1.807) is 7.05 Å². The van der Waals surface area contributed by atoms with Gasteiger partial charge in [-0.25, -0.2) is 13.2 Å². The molecule has 0 aromatic heterocycles. The third-order valence-corrected chi connectivity index (χ3v) is 6.53. The summed E-state index contributed by atoms with van der Waals surface area (Å²) in [7, 11) is -2.06. The van der Waals surface area contributed by atoms with Crippen molar-refractivity contribution in [2.75, 3.05) is 7.05 Å². The summed E-state index contributed by atoms with van der Waals surface area (Å²) in [4.78, 5) is 11.2. The molecule has 1 aromatic carbocycles. The Balaban J connectivity index is 2.38. The van der Waals surface area contributed by atoms with Crippen molar-refractivity contribution in [3.05, 3.63) is 27.3 Å².